The fourth-order valence-electron chi connectivity index (χ4n) is 2.84. The Morgan fingerprint density at radius 3 is 2.84 bits per heavy atom. The van der Waals surface area contributed by atoms with Gasteiger partial charge in [-0.05, 0) is 29.5 Å². The molecule has 126 valence electrons. The number of ether oxygens (including phenoxy) is 1. The molecule has 0 radical (unpaired) electrons. The standard InChI is InChI=1S/C19H17N3O2S/c23-19(15-10-20-18(21-11-15)17-6-3-7-25-17)22-9-13-8-14-4-1-2-5-16(14)24-12-13/h1-7,10-11,13H,8-9,12H2,(H,22,23)/t13-/m1/s1. The molecule has 3 aromatic rings. The zero-order valence-corrected chi connectivity index (χ0v) is 14.3. The van der Waals surface area contributed by atoms with Crippen LogP contribution in [0.1, 0.15) is 15.9 Å². The first-order valence-electron chi connectivity index (χ1n) is 8.14. The highest BCUT2D eigenvalue weighted by molar-refractivity contribution is 7.13. The van der Waals surface area contributed by atoms with Crippen LogP contribution >= 0.6 is 11.3 Å². The number of fused-ring (bicyclic) bond motifs is 1. The van der Waals surface area contributed by atoms with Crippen molar-refractivity contribution in [3.8, 4) is 16.5 Å². The highest BCUT2D eigenvalue weighted by atomic mass is 32.1. The van der Waals surface area contributed by atoms with Crippen LogP contribution in [0, 0.1) is 5.92 Å². The van der Waals surface area contributed by atoms with Gasteiger partial charge in [-0.2, -0.15) is 0 Å². The summed E-state index contributed by atoms with van der Waals surface area (Å²) in [5.74, 6) is 1.70. The van der Waals surface area contributed by atoms with Crippen molar-refractivity contribution in [1.82, 2.24) is 15.3 Å². The number of nitrogens with zero attached hydrogens (tertiary/aromatic N) is 2. The predicted molar refractivity (Wildman–Crippen MR) is 96.8 cm³/mol. The first kappa shape index (κ1) is 15.8. The van der Waals surface area contributed by atoms with E-state index in [9.17, 15) is 4.79 Å². The van der Waals surface area contributed by atoms with Crippen molar-refractivity contribution in [3.05, 3.63) is 65.3 Å². The molecule has 6 heteroatoms. The molecular weight excluding hydrogens is 334 g/mol. The van der Waals surface area contributed by atoms with E-state index in [-0.39, 0.29) is 11.8 Å². The topological polar surface area (TPSA) is 64.1 Å². The molecule has 2 aromatic heterocycles. The summed E-state index contributed by atoms with van der Waals surface area (Å²) in [5, 5.41) is 4.93. The SMILES string of the molecule is O=C(NC[C@@H]1COc2ccccc2C1)c1cnc(-c2cccs2)nc1. The van der Waals surface area contributed by atoms with Crippen LogP contribution in [0.4, 0.5) is 0 Å². The Kier molecular flexibility index (Phi) is 4.43. The van der Waals surface area contributed by atoms with Crippen LogP contribution in [0.2, 0.25) is 0 Å². The van der Waals surface area contributed by atoms with Crippen molar-refractivity contribution >= 4 is 17.2 Å². The molecule has 1 aliphatic heterocycles. The Morgan fingerprint density at radius 2 is 2.04 bits per heavy atom. The maximum absolute atomic E-state index is 12.3. The third-order valence-electron chi connectivity index (χ3n) is 4.16. The third-order valence-corrected chi connectivity index (χ3v) is 5.03. The minimum Gasteiger partial charge on any atom is -0.493 e. The minimum atomic E-state index is -0.156. The van der Waals surface area contributed by atoms with Crippen LogP contribution in [0.25, 0.3) is 10.7 Å². The molecule has 1 amide bonds. The third kappa shape index (κ3) is 3.53. The number of nitrogens with one attached hydrogen (secondary N) is 1. The zero-order valence-electron chi connectivity index (χ0n) is 13.5. The number of amides is 1. The monoisotopic (exact) mass is 351 g/mol. The number of benzene rings is 1. The molecule has 1 aliphatic rings. The fraction of sp³-hybridized carbons (Fsp3) is 0.211. The molecule has 0 bridgehead atoms. The molecular formula is C19H17N3O2S. The average molecular weight is 351 g/mol. The van der Waals surface area contributed by atoms with Gasteiger partial charge < -0.3 is 10.1 Å². The van der Waals surface area contributed by atoms with Crippen LogP contribution in [0.3, 0.4) is 0 Å². The molecule has 0 aliphatic carbocycles. The lowest BCUT2D eigenvalue weighted by molar-refractivity contribution is 0.0938. The summed E-state index contributed by atoms with van der Waals surface area (Å²) in [7, 11) is 0. The van der Waals surface area contributed by atoms with E-state index in [4.69, 9.17) is 4.74 Å². The number of rotatable bonds is 4. The molecule has 0 fully saturated rings. The summed E-state index contributed by atoms with van der Waals surface area (Å²) in [5.41, 5.74) is 1.66. The summed E-state index contributed by atoms with van der Waals surface area (Å²) in [6, 6.07) is 11.9. The van der Waals surface area contributed by atoms with Gasteiger partial charge >= 0.3 is 0 Å². The summed E-state index contributed by atoms with van der Waals surface area (Å²) in [6.45, 7) is 1.19. The lowest BCUT2D eigenvalue weighted by atomic mass is 9.97. The highest BCUT2D eigenvalue weighted by Gasteiger charge is 2.20. The van der Waals surface area contributed by atoms with Gasteiger partial charge in [0, 0.05) is 24.9 Å². The molecule has 1 N–H and O–H groups in total. The second-order valence-electron chi connectivity index (χ2n) is 5.97. The minimum absolute atomic E-state index is 0.156. The molecule has 25 heavy (non-hydrogen) atoms. The zero-order chi connectivity index (χ0) is 17.1. The van der Waals surface area contributed by atoms with Crippen LogP contribution in [0.5, 0.6) is 5.75 Å². The number of aromatic nitrogens is 2. The van der Waals surface area contributed by atoms with E-state index in [0.29, 0.717) is 24.5 Å². The van der Waals surface area contributed by atoms with E-state index in [2.05, 4.69) is 21.4 Å². The summed E-state index contributed by atoms with van der Waals surface area (Å²) >= 11 is 1.57. The molecule has 1 aromatic carbocycles. The van der Waals surface area contributed by atoms with E-state index in [1.165, 1.54) is 5.56 Å². The van der Waals surface area contributed by atoms with Gasteiger partial charge in [-0.1, -0.05) is 24.3 Å². The smallest absolute Gasteiger partial charge is 0.254 e. The normalized spacial score (nSPS) is 15.9. The van der Waals surface area contributed by atoms with Crippen molar-refractivity contribution in [2.24, 2.45) is 5.92 Å². The van der Waals surface area contributed by atoms with Gasteiger partial charge in [0.1, 0.15) is 5.75 Å². The maximum Gasteiger partial charge on any atom is 0.254 e. The van der Waals surface area contributed by atoms with Gasteiger partial charge in [0.2, 0.25) is 0 Å². The molecule has 3 heterocycles. The number of thiophene rings is 1. The second kappa shape index (κ2) is 7.03. The van der Waals surface area contributed by atoms with Gasteiger partial charge in [-0.25, -0.2) is 9.97 Å². The van der Waals surface area contributed by atoms with Gasteiger partial charge in [-0.3, -0.25) is 4.79 Å². The number of carbonyl (C=O) groups is 1. The predicted octanol–water partition coefficient (Wildman–Crippen LogP) is 3.19. The van der Waals surface area contributed by atoms with E-state index in [1.807, 2.05) is 35.7 Å². The Morgan fingerprint density at radius 1 is 1.20 bits per heavy atom. The Hall–Kier alpha value is -2.73. The Labute approximate surface area is 149 Å². The highest BCUT2D eigenvalue weighted by Crippen LogP contribution is 2.26. The van der Waals surface area contributed by atoms with Crippen molar-refractivity contribution in [2.75, 3.05) is 13.2 Å². The van der Waals surface area contributed by atoms with Crippen LogP contribution in [0.15, 0.2) is 54.2 Å². The van der Waals surface area contributed by atoms with E-state index in [0.717, 1.165) is 17.0 Å². The maximum atomic E-state index is 12.3. The van der Waals surface area contributed by atoms with Crippen LogP contribution in [-0.2, 0) is 6.42 Å². The van der Waals surface area contributed by atoms with Gasteiger partial charge in [0.15, 0.2) is 5.82 Å². The Balaban J connectivity index is 1.35. The lowest BCUT2D eigenvalue weighted by Crippen LogP contribution is -2.34. The number of hydrogen-bond acceptors (Lipinski definition) is 5. The number of hydrogen-bond donors (Lipinski definition) is 1. The average Bonchev–Trinajstić information content (AvgIpc) is 3.21. The molecule has 4 rings (SSSR count). The van der Waals surface area contributed by atoms with Gasteiger partial charge in [0.05, 0.1) is 17.0 Å². The number of carbonyl (C=O) groups excluding carboxylic acids is 1. The van der Waals surface area contributed by atoms with Gasteiger partial charge in [0.25, 0.3) is 5.91 Å². The molecule has 0 spiro atoms. The Bertz CT molecular complexity index is 863. The van der Waals surface area contributed by atoms with Crippen molar-refractivity contribution in [3.63, 3.8) is 0 Å². The van der Waals surface area contributed by atoms with E-state index < -0.39 is 0 Å². The van der Waals surface area contributed by atoms with Crippen LogP contribution < -0.4 is 10.1 Å². The lowest BCUT2D eigenvalue weighted by Gasteiger charge is -2.25. The van der Waals surface area contributed by atoms with E-state index >= 15 is 0 Å². The van der Waals surface area contributed by atoms with Crippen LogP contribution in [-0.4, -0.2) is 29.0 Å². The molecule has 0 unspecified atom stereocenters. The molecule has 5 nitrogen and oxygen atoms in total. The van der Waals surface area contributed by atoms with Crippen molar-refractivity contribution < 1.29 is 9.53 Å². The molecule has 0 saturated heterocycles. The first-order chi connectivity index (χ1) is 12.3. The quantitative estimate of drug-likeness (QED) is 0.784. The summed E-state index contributed by atoms with van der Waals surface area (Å²) in [4.78, 5) is 21.9. The number of para-hydroxylation sites is 1. The molecule has 1 atom stereocenters. The van der Waals surface area contributed by atoms with Gasteiger partial charge in [-0.15, -0.1) is 11.3 Å². The largest absolute Gasteiger partial charge is 0.493 e. The first-order valence-corrected chi connectivity index (χ1v) is 9.02. The fourth-order valence-corrected chi connectivity index (χ4v) is 3.51. The summed E-state index contributed by atoms with van der Waals surface area (Å²) < 4.78 is 5.76. The summed E-state index contributed by atoms with van der Waals surface area (Å²) in [6.07, 6.45) is 4.05. The van der Waals surface area contributed by atoms with E-state index in [1.54, 1.807) is 23.7 Å². The van der Waals surface area contributed by atoms with Crippen molar-refractivity contribution in [1.29, 1.82) is 0 Å². The second-order valence-corrected chi connectivity index (χ2v) is 6.92. The molecule has 0 saturated carbocycles. The van der Waals surface area contributed by atoms with Crippen molar-refractivity contribution in [2.45, 2.75) is 6.42 Å².